The minimum Gasteiger partial charge on any atom is -0.455 e. The molecule has 76 heavy (non-hydrogen) atoms. The SMILES string of the molecule is c1ccc(-c2cc3ccccc3c3c2oc2ccc(N(c4ccccc4)c4ccc5ccc6c(N(c7ccccc7)c7ccc8oc9c(-c%10ccccc%10)cc%10ccccc%10c9c8c7)ccc7ccc4c5c76)cc23)cc1. The zero-order chi connectivity index (χ0) is 49.8. The molecule has 0 aliphatic heterocycles. The molecule has 0 bridgehead atoms. The lowest BCUT2D eigenvalue weighted by Gasteiger charge is -2.29. The molecule has 4 nitrogen and oxygen atoms in total. The van der Waals surface area contributed by atoms with Crippen molar-refractivity contribution in [1.82, 2.24) is 0 Å². The smallest absolute Gasteiger partial charge is 0.143 e. The fourth-order valence-corrected chi connectivity index (χ4v) is 12.3. The van der Waals surface area contributed by atoms with E-state index in [9.17, 15) is 0 Å². The Morgan fingerprint density at radius 3 is 1.05 bits per heavy atom. The number of para-hydroxylation sites is 2. The molecule has 354 valence electrons. The molecule has 0 saturated carbocycles. The summed E-state index contributed by atoms with van der Waals surface area (Å²) < 4.78 is 13.8. The highest BCUT2D eigenvalue weighted by atomic mass is 16.3. The highest BCUT2D eigenvalue weighted by molar-refractivity contribution is 6.29. The van der Waals surface area contributed by atoms with E-state index in [0.717, 1.165) is 100 Å². The third-order valence-electron chi connectivity index (χ3n) is 15.7. The summed E-state index contributed by atoms with van der Waals surface area (Å²) in [7, 11) is 0. The third kappa shape index (κ3) is 6.44. The molecule has 16 rings (SSSR count). The maximum Gasteiger partial charge on any atom is 0.143 e. The van der Waals surface area contributed by atoms with Gasteiger partial charge in [0.1, 0.15) is 22.3 Å². The standard InChI is InChI=1S/C72H44N2O2/c1-5-17-45(18-6-1)59-41-49-21-13-15-27-55(49)69-61-43-53(33-39-65(61)75-71(59)69)73(51-23-9-3-10-24-51)63-37-31-47-30-36-58-64(38-32-48-29-35-57(63)67(47)68(48)58)74(52-25-11-4-12-26-52)54-34-40-66-62(44-54)70-56-28-16-14-22-50(56)42-60(72(70)76-66)46-19-7-2-8-20-46/h1-44H. The van der Waals surface area contributed by atoms with Crippen molar-refractivity contribution in [2.75, 3.05) is 9.80 Å². The van der Waals surface area contributed by atoms with Crippen molar-refractivity contribution in [3.8, 4) is 22.3 Å². The molecule has 0 aliphatic carbocycles. The van der Waals surface area contributed by atoms with E-state index in [1.807, 2.05) is 0 Å². The van der Waals surface area contributed by atoms with Gasteiger partial charge in [-0.25, -0.2) is 0 Å². The van der Waals surface area contributed by atoms with Crippen LogP contribution in [-0.2, 0) is 0 Å². The predicted octanol–water partition coefficient (Wildman–Crippen LogP) is 21.0. The van der Waals surface area contributed by atoms with E-state index < -0.39 is 0 Å². The van der Waals surface area contributed by atoms with E-state index >= 15 is 0 Å². The molecule has 0 radical (unpaired) electrons. The van der Waals surface area contributed by atoms with E-state index in [1.165, 1.54) is 53.9 Å². The van der Waals surface area contributed by atoms with Crippen molar-refractivity contribution >= 4 is 132 Å². The van der Waals surface area contributed by atoms with Gasteiger partial charge in [0.15, 0.2) is 0 Å². The number of nitrogens with zero attached hydrogens (tertiary/aromatic N) is 2. The van der Waals surface area contributed by atoms with E-state index in [0.29, 0.717) is 0 Å². The summed E-state index contributed by atoms with van der Waals surface area (Å²) in [6.07, 6.45) is 0. The van der Waals surface area contributed by atoms with Gasteiger partial charge in [0.05, 0.1) is 11.4 Å². The van der Waals surface area contributed by atoms with Gasteiger partial charge in [0.2, 0.25) is 0 Å². The summed E-state index contributed by atoms with van der Waals surface area (Å²) in [6, 6.07) is 96.4. The summed E-state index contributed by atoms with van der Waals surface area (Å²) in [4.78, 5) is 4.84. The van der Waals surface area contributed by atoms with Crippen molar-refractivity contribution in [3.63, 3.8) is 0 Å². The van der Waals surface area contributed by atoms with Crippen LogP contribution in [0.15, 0.2) is 276 Å². The van der Waals surface area contributed by atoms with Crippen LogP contribution in [0.3, 0.4) is 0 Å². The van der Waals surface area contributed by atoms with Crippen LogP contribution in [0.4, 0.5) is 34.1 Å². The Morgan fingerprint density at radius 2 is 0.618 bits per heavy atom. The third-order valence-corrected chi connectivity index (χ3v) is 15.7. The second-order valence-electron chi connectivity index (χ2n) is 19.9. The van der Waals surface area contributed by atoms with Gasteiger partial charge in [-0.05, 0) is 139 Å². The summed E-state index contributed by atoms with van der Waals surface area (Å²) in [6.45, 7) is 0. The Balaban J connectivity index is 0.905. The fraction of sp³-hybridized carbons (Fsp3) is 0. The van der Waals surface area contributed by atoms with E-state index in [1.54, 1.807) is 0 Å². The van der Waals surface area contributed by atoms with Crippen LogP contribution in [-0.4, -0.2) is 0 Å². The monoisotopic (exact) mass is 968 g/mol. The highest BCUT2D eigenvalue weighted by Gasteiger charge is 2.25. The molecular weight excluding hydrogens is 925 g/mol. The van der Waals surface area contributed by atoms with Gasteiger partial charge >= 0.3 is 0 Å². The summed E-state index contributed by atoms with van der Waals surface area (Å²) in [5.41, 5.74) is 14.4. The van der Waals surface area contributed by atoms with Crippen molar-refractivity contribution < 1.29 is 8.83 Å². The maximum atomic E-state index is 6.88. The van der Waals surface area contributed by atoms with Crippen molar-refractivity contribution in [1.29, 1.82) is 0 Å². The molecule has 0 unspecified atom stereocenters. The lowest BCUT2D eigenvalue weighted by atomic mass is 9.91. The minimum atomic E-state index is 0.858. The summed E-state index contributed by atoms with van der Waals surface area (Å²) >= 11 is 0. The normalized spacial score (nSPS) is 11.9. The van der Waals surface area contributed by atoms with Gasteiger partial charge in [-0.15, -0.1) is 0 Å². The van der Waals surface area contributed by atoms with E-state index in [-0.39, 0.29) is 0 Å². The quantitative estimate of drug-likeness (QED) is 0.142. The first-order chi connectivity index (χ1) is 37.7. The Kier molecular flexibility index (Phi) is 9.30. The second kappa shape index (κ2) is 16.7. The molecule has 2 aromatic heterocycles. The molecular formula is C72H44N2O2. The average Bonchev–Trinajstić information content (AvgIpc) is 4.09. The molecule has 0 atom stereocenters. The molecule has 0 amide bonds. The summed E-state index contributed by atoms with van der Waals surface area (Å²) in [5, 5.41) is 16.3. The lowest BCUT2D eigenvalue weighted by molar-refractivity contribution is 0.670. The molecule has 0 saturated heterocycles. The number of hydrogen-bond acceptors (Lipinski definition) is 4. The van der Waals surface area contributed by atoms with Gasteiger partial charge < -0.3 is 18.6 Å². The number of anilines is 6. The summed E-state index contributed by atoms with van der Waals surface area (Å²) in [5.74, 6) is 0. The molecule has 0 fully saturated rings. The van der Waals surface area contributed by atoms with Crippen molar-refractivity contribution in [2.45, 2.75) is 0 Å². The fourth-order valence-electron chi connectivity index (χ4n) is 12.3. The van der Waals surface area contributed by atoms with Crippen LogP contribution in [0.2, 0.25) is 0 Å². The molecule has 16 aromatic rings. The van der Waals surface area contributed by atoms with Crippen LogP contribution in [0.5, 0.6) is 0 Å². The van der Waals surface area contributed by atoms with Crippen LogP contribution in [0, 0.1) is 0 Å². The highest BCUT2D eigenvalue weighted by Crippen LogP contribution is 2.50. The van der Waals surface area contributed by atoms with E-state index in [2.05, 4.69) is 277 Å². The molecule has 2 heterocycles. The molecule has 0 spiro atoms. The second-order valence-corrected chi connectivity index (χ2v) is 19.9. The van der Waals surface area contributed by atoms with Crippen molar-refractivity contribution in [3.05, 3.63) is 267 Å². The largest absolute Gasteiger partial charge is 0.455 e. The van der Waals surface area contributed by atoms with Gasteiger partial charge in [-0.2, -0.15) is 0 Å². The lowest BCUT2D eigenvalue weighted by Crippen LogP contribution is -2.11. The van der Waals surface area contributed by atoms with Gasteiger partial charge in [0, 0.05) is 66.2 Å². The Labute approximate surface area is 437 Å². The van der Waals surface area contributed by atoms with Crippen LogP contribution >= 0.6 is 0 Å². The first kappa shape index (κ1) is 42.4. The van der Waals surface area contributed by atoms with Crippen LogP contribution in [0.1, 0.15) is 0 Å². The molecule has 14 aromatic carbocycles. The Bertz CT molecular complexity index is 4610. The number of fused-ring (bicyclic) bond motifs is 10. The number of hydrogen-bond donors (Lipinski definition) is 0. The Hall–Kier alpha value is -10.2. The number of furan rings is 2. The maximum absolute atomic E-state index is 6.88. The number of benzene rings is 14. The minimum absolute atomic E-state index is 0.858. The average molecular weight is 969 g/mol. The first-order valence-corrected chi connectivity index (χ1v) is 26.0. The van der Waals surface area contributed by atoms with Gasteiger partial charge in [-0.1, -0.05) is 182 Å². The van der Waals surface area contributed by atoms with Gasteiger partial charge in [0.25, 0.3) is 0 Å². The molecule has 4 heteroatoms. The number of rotatable bonds is 8. The zero-order valence-electron chi connectivity index (χ0n) is 41.1. The zero-order valence-corrected chi connectivity index (χ0v) is 41.1. The molecule has 0 aliphatic rings. The van der Waals surface area contributed by atoms with Crippen LogP contribution < -0.4 is 9.80 Å². The topological polar surface area (TPSA) is 32.8 Å². The van der Waals surface area contributed by atoms with E-state index in [4.69, 9.17) is 8.83 Å². The first-order valence-electron chi connectivity index (χ1n) is 26.0. The molecule has 0 N–H and O–H groups in total. The predicted molar refractivity (Wildman–Crippen MR) is 320 cm³/mol. The van der Waals surface area contributed by atoms with Crippen molar-refractivity contribution in [2.24, 2.45) is 0 Å². The van der Waals surface area contributed by atoms with Crippen LogP contribution in [0.25, 0.3) is 120 Å². The van der Waals surface area contributed by atoms with Gasteiger partial charge in [-0.3, -0.25) is 0 Å². The Morgan fingerprint density at radius 1 is 0.237 bits per heavy atom.